The first-order chi connectivity index (χ1) is 13.1. The summed E-state index contributed by atoms with van der Waals surface area (Å²) in [7, 11) is 2.17. The average molecular weight is 404 g/mol. The normalized spacial score (nSPS) is 15.6. The summed E-state index contributed by atoms with van der Waals surface area (Å²) in [5, 5.41) is 3.71. The van der Waals surface area contributed by atoms with Gasteiger partial charge in [0.25, 0.3) is 0 Å². The molecule has 1 aliphatic rings. The molecule has 2 aromatic rings. The Morgan fingerprint density at radius 2 is 1.63 bits per heavy atom. The number of nitrogens with one attached hydrogen (secondary N) is 1. The Labute approximate surface area is 170 Å². The molecule has 0 aromatic heterocycles. The van der Waals surface area contributed by atoms with Gasteiger partial charge in [-0.05, 0) is 42.4 Å². The van der Waals surface area contributed by atoms with Crippen LogP contribution in [-0.2, 0) is 17.1 Å². The predicted octanol–water partition coefficient (Wildman–Crippen LogP) is 3.96. The third kappa shape index (κ3) is 6.85. The van der Waals surface area contributed by atoms with Crippen LogP contribution in [0.1, 0.15) is 11.1 Å². The van der Waals surface area contributed by atoms with Gasteiger partial charge in [0.2, 0.25) is 5.91 Å². The van der Waals surface area contributed by atoms with E-state index in [-0.39, 0.29) is 5.91 Å². The van der Waals surface area contributed by atoms with Gasteiger partial charge in [-0.15, -0.1) is 11.8 Å². The second-order valence-corrected chi connectivity index (χ2v) is 8.37. The first kappa shape index (κ1) is 20.2. The lowest BCUT2D eigenvalue weighted by Gasteiger charge is -2.32. The van der Waals surface area contributed by atoms with Gasteiger partial charge in [0.15, 0.2) is 0 Å². The molecular weight excluding hydrogens is 378 g/mol. The average Bonchev–Trinajstić information content (AvgIpc) is 2.67. The number of halogens is 1. The Morgan fingerprint density at radius 3 is 2.30 bits per heavy atom. The summed E-state index contributed by atoms with van der Waals surface area (Å²) in [5.74, 6) is 1.26. The minimum absolute atomic E-state index is 0.0285. The molecule has 3 rings (SSSR count). The van der Waals surface area contributed by atoms with Crippen LogP contribution < -0.4 is 5.32 Å². The summed E-state index contributed by atoms with van der Waals surface area (Å²) in [5.41, 5.74) is 3.31. The van der Waals surface area contributed by atoms with Crippen molar-refractivity contribution in [2.45, 2.75) is 12.3 Å². The third-order valence-electron chi connectivity index (χ3n) is 4.65. The van der Waals surface area contributed by atoms with Gasteiger partial charge in [-0.1, -0.05) is 35.9 Å². The monoisotopic (exact) mass is 403 g/mol. The van der Waals surface area contributed by atoms with Crippen LogP contribution in [-0.4, -0.2) is 54.7 Å². The van der Waals surface area contributed by atoms with E-state index in [0.717, 1.165) is 49.2 Å². The molecule has 144 valence electrons. The number of hydrogen-bond acceptors (Lipinski definition) is 4. The molecule has 1 amide bonds. The number of benzene rings is 2. The maximum absolute atomic E-state index is 12.1. The molecule has 6 heteroatoms. The maximum atomic E-state index is 12.1. The fraction of sp³-hybridized carbons (Fsp3) is 0.381. The molecule has 0 bridgehead atoms. The van der Waals surface area contributed by atoms with Gasteiger partial charge < -0.3 is 10.2 Å². The van der Waals surface area contributed by atoms with Crippen molar-refractivity contribution in [3.05, 3.63) is 64.7 Å². The molecule has 0 atom stereocenters. The Bertz CT molecular complexity index is 728. The van der Waals surface area contributed by atoms with E-state index < -0.39 is 0 Å². The Kier molecular flexibility index (Phi) is 7.59. The lowest BCUT2D eigenvalue weighted by molar-refractivity contribution is -0.113. The van der Waals surface area contributed by atoms with Crippen LogP contribution in [0.2, 0.25) is 5.02 Å². The van der Waals surface area contributed by atoms with Gasteiger partial charge in [0.05, 0.1) is 5.75 Å². The molecule has 1 saturated heterocycles. The first-order valence-corrected chi connectivity index (χ1v) is 10.7. The highest BCUT2D eigenvalue weighted by Crippen LogP contribution is 2.17. The van der Waals surface area contributed by atoms with Crippen molar-refractivity contribution >= 4 is 35.0 Å². The molecule has 2 aromatic carbocycles. The molecule has 0 saturated carbocycles. The molecule has 1 fully saturated rings. The number of carbonyl (C=O) groups is 1. The van der Waals surface area contributed by atoms with Crippen molar-refractivity contribution in [2.24, 2.45) is 0 Å². The van der Waals surface area contributed by atoms with E-state index >= 15 is 0 Å². The zero-order valence-corrected chi connectivity index (χ0v) is 17.2. The number of nitrogens with zero attached hydrogens (tertiary/aromatic N) is 2. The number of hydrogen-bond donors (Lipinski definition) is 1. The fourth-order valence-corrected chi connectivity index (χ4v) is 3.91. The van der Waals surface area contributed by atoms with Gasteiger partial charge >= 0.3 is 0 Å². The first-order valence-electron chi connectivity index (χ1n) is 9.20. The molecule has 0 radical (unpaired) electrons. The molecule has 0 aliphatic carbocycles. The predicted molar refractivity (Wildman–Crippen MR) is 115 cm³/mol. The van der Waals surface area contributed by atoms with E-state index in [1.807, 2.05) is 36.4 Å². The van der Waals surface area contributed by atoms with Crippen molar-refractivity contribution < 1.29 is 4.79 Å². The summed E-state index contributed by atoms with van der Waals surface area (Å²) in [6, 6.07) is 15.9. The van der Waals surface area contributed by atoms with E-state index in [0.29, 0.717) is 5.75 Å². The Morgan fingerprint density at radius 1 is 1.00 bits per heavy atom. The summed E-state index contributed by atoms with van der Waals surface area (Å²) in [4.78, 5) is 17.0. The molecule has 1 aliphatic heterocycles. The number of piperazine rings is 1. The lowest BCUT2D eigenvalue weighted by atomic mass is 10.2. The number of thioether (sulfide) groups is 1. The Hall–Kier alpha value is -1.53. The smallest absolute Gasteiger partial charge is 0.234 e. The van der Waals surface area contributed by atoms with Crippen molar-refractivity contribution in [3.8, 4) is 0 Å². The molecular formula is C21H26ClN3OS. The van der Waals surface area contributed by atoms with E-state index in [2.05, 4.69) is 34.3 Å². The fourth-order valence-electron chi connectivity index (χ4n) is 3.00. The van der Waals surface area contributed by atoms with Crippen LogP contribution in [0.4, 0.5) is 5.69 Å². The van der Waals surface area contributed by atoms with Crippen LogP contribution in [0.25, 0.3) is 0 Å². The van der Waals surface area contributed by atoms with E-state index in [1.54, 1.807) is 11.8 Å². The quantitative estimate of drug-likeness (QED) is 0.759. The van der Waals surface area contributed by atoms with E-state index in [9.17, 15) is 4.79 Å². The minimum atomic E-state index is 0.0285. The number of anilines is 1. The van der Waals surface area contributed by atoms with E-state index in [4.69, 9.17) is 11.6 Å². The van der Waals surface area contributed by atoms with Gasteiger partial charge in [-0.2, -0.15) is 0 Å². The van der Waals surface area contributed by atoms with Crippen LogP contribution in [0, 0.1) is 0 Å². The minimum Gasteiger partial charge on any atom is -0.325 e. The highest BCUT2D eigenvalue weighted by atomic mass is 35.5. The number of carbonyl (C=O) groups excluding carboxylic acids is 1. The topological polar surface area (TPSA) is 35.6 Å². The van der Waals surface area contributed by atoms with Gasteiger partial charge in [-0.3, -0.25) is 9.69 Å². The van der Waals surface area contributed by atoms with Crippen LogP contribution >= 0.6 is 23.4 Å². The molecule has 0 unspecified atom stereocenters. The summed E-state index contributed by atoms with van der Waals surface area (Å²) >= 11 is 7.48. The number of rotatable bonds is 7. The second kappa shape index (κ2) is 10.1. The van der Waals surface area contributed by atoms with Crippen molar-refractivity contribution in [2.75, 3.05) is 44.3 Å². The SMILES string of the molecule is CN1CCN(Cc2ccc(NC(=O)CSCc3ccc(Cl)cc3)cc2)CC1. The highest BCUT2D eigenvalue weighted by Gasteiger charge is 2.13. The van der Waals surface area contributed by atoms with Crippen LogP contribution in [0.3, 0.4) is 0 Å². The van der Waals surface area contributed by atoms with Crippen molar-refractivity contribution in [1.29, 1.82) is 0 Å². The Balaban J connectivity index is 1.39. The zero-order valence-electron chi connectivity index (χ0n) is 15.7. The zero-order chi connectivity index (χ0) is 19.1. The van der Waals surface area contributed by atoms with Gasteiger partial charge in [0.1, 0.15) is 0 Å². The highest BCUT2D eigenvalue weighted by molar-refractivity contribution is 7.99. The largest absolute Gasteiger partial charge is 0.325 e. The molecule has 27 heavy (non-hydrogen) atoms. The van der Waals surface area contributed by atoms with Crippen molar-refractivity contribution in [1.82, 2.24) is 9.80 Å². The number of amides is 1. The molecule has 0 spiro atoms. The standard InChI is InChI=1S/C21H26ClN3OS/c1-24-10-12-25(13-11-24)14-17-4-8-20(9-5-17)23-21(26)16-27-15-18-2-6-19(22)7-3-18/h2-9H,10-16H2,1H3,(H,23,26). The molecule has 1 N–H and O–H groups in total. The van der Waals surface area contributed by atoms with Gasteiger partial charge in [0, 0.05) is 49.2 Å². The molecule has 4 nitrogen and oxygen atoms in total. The maximum Gasteiger partial charge on any atom is 0.234 e. The van der Waals surface area contributed by atoms with E-state index in [1.165, 1.54) is 11.1 Å². The summed E-state index contributed by atoms with van der Waals surface area (Å²) < 4.78 is 0. The lowest BCUT2D eigenvalue weighted by Crippen LogP contribution is -2.43. The number of likely N-dealkylation sites (N-methyl/N-ethyl adjacent to an activating group) is 1. The second-order valence-electron chi connectivity index (χ2n) is 6.94. The molecule has 1 heterocycles. The third-order valence-corrected chi connectivity index (χ3v) is 5.91. The summed E-state index contributed by atoms with van der Waals surface area (Å²) in [6.07, 6.45) is 0. The summed E-state index contributed by atoms with van der Waals surface area (Å²) in [6.45, 7) is 5.45. The van der Waals surface area contributed by atoms with Crippen LogP contribution in [0.15, 0.2) is 48.5 Å². The van der Waals surface area contributed by atoms with Crippen molar-refractivity contribution in [3.63, 3.8) is 0 Å². The van der Waals surface area contributed by atoms with Gasteiger partial charge in [-0.25, -0.2) is 0 Å². The van der Waals surface area contributed by atoms with Crippen LogP contribution in [0.5, 0.6) is 0 Å².